The maximum absolute atomic E-state index is 11.6. The molecule has 0 aliphatic carbocycles. The van der Waals surface area contributed by atoms with E-state index in [1.807, 2.05) is 15.7 Å². The smallest absolute Gasteiger partial charge is 0.236 e. The van der Waals surface area contributed by atoms with Gasteiger partial charge in [-0.15, -0.1) is 0 Å². The second kappa shape index (κ2) is 4.79. The number of rotatable bonds is 4. The summed E-state index contributed by atoms with van der Waals surface area (Å²) < 4.78 is 2.03. The van der Waals surface area contributed by atoms with E-state index in [9.17, 15) is 4.79 Å². The van der Waals surface area contributed by atoms with Gasteiger partial charge in [-0.25, -0.2) is 4.98 Å². The average molecular weight is 272 g/mol. The molecular weight excluding hydrogens is 258 g/mol. The van der Waals surface area contributed by atoms with Crippen molar-refractivity contribution < 1.29 is 4.79 Å². The Bertz CT molecular complexity index is 325. The van der Waals surface area contributed by atoms with Gasteiger partial charge in [0.2, 0.25) is 5.91 Å². The molecular formula is C10H14BrN3O. The van der Waals surface area contributed by atoms with Crippen molar-refractivity contribution in [2.45, 2.75) is 24.2 Å². The minimum Gasteiger partial charge on any atom is -0.342 e. The molecule has 1 fully saturated rings. The van der Waals surface area contributed by atoms with Gasteiger partial charge in [0.1, 0.15) is 0 Å². The Kier molecular flexibility index (Phi) is 3.41. The van der Waals surface area contributed by atoms with Gasteiger partial charge < -0.3 is 9.47 Å². The molecule has 1 saturated heterocycles. The number of aromatic nitrogens is 2. The lowest BCUT2D eigenvalue weighted by atomic mass is 10.4. The number of carbonyl (C=O) groups excluding carboxylic acids is 1. The fourth-order valence-electron chi connectivity index (χ4n) is 1.79. The second-order valence-electron chi connectivity index (χ2n) is 3.74. The van der Waals surface area contributed by atoms with Crippen molar-refractivity contribution in [1.29, 1.82) is 0 Å². The van der Waals surface area contributed by atoms with Crippen LogP contribution in [0.4, 0.5) is 0 Å². The highest BCUT2D eigenvalue weighted by Crippen LogP contribution is 2.18. The maximum atomic E-state index is 11.6. The predicted octanol–water partition coefficient (Wildman–Crippen LogP) is 1.27. The number of aryl methyl sites for hydroxylation is 1. The first-order chi connectivity index (χ1) is 7.27. The summed E-state index contributed by atoms with van der Waals surface area (Å²) in [4.78, 5) is 17.5. The van der Waals surface area contributed by atoms with Gasteiger partial charge in [-0.05, 0) is 12.8 Å². The quantitative estimate of drug-likeness (QED) is 0.774. The number of hydrogen-bond donors (Lipinski definition) is 0. The van der Waals surface area contributed by atoms with Crippen LogP contribution in [0, 0.1) is 0 Å². The number of alkyl halides is 1. The summed E-state index contributed by atoms with van der Waals surface area (Å²) in [6, 6.07) is 0. The van der Waals surface area contributed by atoms with Crippen LogP contribution in [0.3, 0.4) is 0 Å². The first-order valence-electron chi connectivity index (χ1n) is 5.16. The number of carbonyl (C=O) groups is 1. The van der Waals surface area contributed by atoms with Gasteiger partial charge in [-0.2, -0.15) is 0 Å². The molecule has 1 aromatic heterocycles. The van der Waals surface area contributed by atoms with Crippen LogP contribution in [0.1, 0.15) is 12.8 Å². The molecule has 1 amide bonds. The van der Waals surface area contributed by atoms with Gasteiger partial charge in [0.05, 0.1) is 11.2 Å². The Labute approximate surface area is 97.4 Å². The molecule has 2 heterocycles. The molecule has 1 unspecified atom stereocenters. The highest BCUT2D eigenvalue weighted by Gasteiger charge is 2.28. The van der Waals surface area contributed by atoms with Crippen LogP contribution >= 0.6 is 15.9 Å². The zero-order valence-electron chi connectivity index (χ0n) is 8.47. The zero-order valence-corrected chi connectivity index (χ0v) is 10.1. The average Bonchev–Trinajstić information content (AvgIpc) is 2.83. The van der Waals surface area contributed by atoms with Crippen molar-refractivity contribution in [3.63, 3.8) is 0 Å². The van der Waals surface area contributed by atoms with Crippen LogP contribution in [0.2, 0.25) is 0 Å². The molecule has 0 N–H and O–H groups in total. The lowest BCUT2D eigenvalue weighted by Gasteiger charge is -2.15. The summed E-state index contributed by atoms with van der Waals surface area (Å²) in [5.74, 6) is 0.237. The van der Waals surface area contributed by atoms with E-state index in [0.717, 1.165) is 32.5 Å². The maximum Gasteiger partial charge on any atom is 0.236 e. The Morgan fingerprint density at radius 3 is 3.00 bits per heavy atom. The van der Waals surface area contributed by atoms with Crippen molar-refractivity contribution in [3.8, 4) is 0 Å². The van der Waals surface area contributed by atoms with Crippen molar-refractivity contribution in [1.82, 2.24) is 14.5 Å². The number of likely N-dealkylation sites (tertiary alicyclic amines) is 1. The number of amides is 1. The summed E-state index contributed by atoms with van der Waals surface area (Å²) in [6.45, 7) is 2.66. The van der Waals surface area contributed by atoms with Gasteiger partial charge in [-0.1, -0.05) is 15.9 Å². The molecule has 5 heteroatoms. The minimum atomic E-state index is 0.0470. The largest absolute Gasteiger partial charge is 0.342 e. The summed E-state index contributed by atoms with van der Waals surface area (Å²) in [7, 11) is 0. The molecule has 1 aliphatic rings. The summed E-state index contributed by atoms with van der Waals surface area (Å²) in [6.07, 6.45) is 7.44. The summed E-state index contributed by atoms with van der Waals surface area (Å²) in [5, 5.41) is 0. The molecule has 1 aliphatic heterocycles. The molecule has 2 rings (SSSR count). The van der Waals surface area contributed by atoms with Gasteiger partial charge in [-0.3, -0.25) is 4.79 Å². The number of imidazole rings is 1. The molecule has 0 spiro atoms. The topological polar surface area (TPSA) is 38.1 Å². The lowest BCUT2D eigenvalue weighted by Crippen LogP contribution is -2.29. The van der Waals surface area contributed by atoms with Crippen molar-refractivity contribution in [2.75, 3.05) is 13.1 Å². The van der Waals surface area contributed by atoms with Crippen LogP contribution in [-0.4, -0.2) is 38.3 Å². The normalized spacial score (nSPS) is 21.3. The van der Waals surface area contributed by atoms with Gasteiger partial charge in [0, 0.05) is 32.0 Å². The molecule has 1 atom stereocenters. The lowest BCUT2D eigenvalue weighted by molar-refractivity contribution is -0.127. The van der Waals surface area contributed by atoms with Crippen molar-refractivity contribution in [2.24, 2.45) is 0 Å². The SMILES string of the molecule is O=C1C(Br)CCN1CCCn1ccnc1. The molecule has 0 aromatic carbocycles. The van der Waals surface area contributed by atoms with E-state index < -0.39 is 0 Å². The minimum absolute atomic E-state index is 0.0470. The van der Waals surface area contributed by atoms with E-state index in [0.29, 0.717) is 0 Å². The van der Waals surface area contributed by atoms with Crippen LogP contribution in [0.5, 0.6) is 0 Å². The van der Waals surface area contributed by atoms with Gasteiger partial charge in [0.15, 0.2) is 0 Å². The Hall–Kier alpha value is -0.840. The number of nitrogens with zero attached hydrogens (tertiary/aromatic N) is 3. The highest BCUT2D eigenvalue weighted by atomic mass is 79.9. The highest BCUT2D eigenvalue weighted by molar-refractivity contribution is 9.10. The number of halogens is 1. The van der Waals surface area contributed by atoms with E-state index in [-0.39, 0.29) is 10.7 Å². The van der Waals surface area contributed by atoms with E-state index in [4.69, 9.17) is 0 Å². The second-order valence-corrected chi connectivity index (χ2v) is 4.84. The van der Waals surface area contributed by atoms with Gasteiger partial charge in [0.25, 0.3) is 0 Å². The van der Waals surface area contributed by atoms with E-state index >= 15 is 0 Å². The van der Waals surface area contributed by atoms with E-state index in [2.05, 4.69) is 20.9 Å². The van der Waals surface area contributed by atoms with E-state index in [1.54, 1.807) is 12.5 Å². The van der Waals surface area contributed by atoms with Gasteiger partial charge >= 0.3 is 0 Å². The molecule has 0 radical (unpaired) electrons. The zero-order chi connectivity index (χ0) is 10.7. The Morgan fingerprint density at radius 2 is 2.40 bits per heavy atom. The van der Waals surface area contributed by atoms with E-state index in [1.165, 1.54) is 0 Å². The fraction of sp³-hybridized carbons (Fsp3) is 0.600. The molecule has 0 saturated carbocycles. The third-order valence-electron chi connectivity index (χ3n) is 2.64. The first kappa shape index (κ1) is 10.7. The Morgan fingerprint density at radius 1 is 1.53 bits per heavy atom. The molecule has 0 bridgehead atoms. The monoisotopic (exact) mass is 271 g/mol. The van der Waals surface area contributed by atoms with Crippen LogP contribution < -0.4 is 0 Å². The third kappa shape index (κ3) is 2.59. The summed E-state index contributed by atoms with van der Waals surface area (Å²) >= 11 is 3.37. The first-order valence-corrected chi connectivity index (χ1v) is 6.07. The number of hydrogen-bond acceptors (Lipinski definition) is 2. The van der Waals surface area contributed by atoms with Crippen molar-refractivity contribution >= 4 is 21.8 Å². The van der Waals surface area contributed by atoms with Crippen LogP contribution in [-0.2, 0) is 11.3 Å². The van der Waals surface area contributed by atoms with Crippen LogP contribution in [0.25, 0.3) is 0 Å². The summed E-state index contributed by atoms with van der Waals surface area (Å²) in [5.41, 5.74) is 0. The fourth-order valence-corrected chi connectivity index (χ4v) is 2.28. The molecule has 4 nitrogen and oxygen atoms in total. The third-order valence-corrected chi connectivity index (χ3v) is 3.49. The molecule has 15 heavy (non-hydrogen) atoms. The predicted molar refractivity (Wildman–Crippen MR) is 60.8 cm³/mol. The van der Waals surface area contributed by atoms with Crippen molar-refractivity contribution in [3.05, 3.63) is 18.7 Å². The Balaban J connectivity index is 1.73. The van der Waals surface area contributed by atoms with Crippen LogP contribution in [0.15, 0.2) is 18.7 Å². The standard InChI is InChI=1S/C10H14BrN3O/c11-9-2-6-14(10(9)15)5-1-4-13-7-3-12-8-13/h3,7-9H,1-2,4-6H2. The molecule has 1 aromatic rings. The molecule has 82 valence electrons.